The number of carbonyl (C=O) groups excluding carboxylic acids is 1. The number of fused-ring (bicyclic) bond motifs is 1. The Balaban J connectivity index is 2.00. The maximum absolute atomic E-state index is 12.2. The molecule has 0 saturated heterocycles. The third-order valence-electron chi connectivity index (χ3n) is 3.50. The average molecular weight is 454 g/mol. The molecule has 0 unspecified atom stereocenters. The van der Waals surface area contributed by atoms with Crippen LogP contribution in [-0.2, 0) is 4.74 Å². The van der Waals surface area contributed by atoms with E-state index in [1.807, 2.05) is 6.07 Å². The van der Waals surface area contributed by atoms with E-state index in [0.717, 1.165) is 30.5 Å². The smallest absolute Gasteiger partial charge is 0.348 e. The third kappa shape index (κ3) is 4.30. The Kier molecular flexibility index (Phi) is 6.72. The molecule has 2 aromatic heterocycles. The summed E-state index contributed by atoms with van der Waals surface area (Å²) in [6.07, 6.45) is 4.58. The Bertz CT molecular complexity index is 584. The summed E-state index contributed by atoms with van der Waals surface area (Å²) in [6, 6.07) is 1.92. The molecule has 0 saturated carbocycles. The van der Waals surface area contributed by atoms with Gasteiger partial charge in [0.25, 0.3) is 0 Å². The van der Waals surface area contributed by atoms with E-state index in [1.165, 1.54) is 24.2 Å². The number of thiophene rings is 2. The van der Waals surface area contributed by atoms with Crippen molar-refractivity contribution in [1.29, 1.82) is 0 Å². The van der Waals surface area contributed by atoms with E-state index < -0.39 is 0 Å². The molecule has 0 aliphatic heterocycles. The topological polar surface area (TPSA) is 26.3 Å². The first kappa shape index (κ1) is 17.4. The summed E-state index contributed by atoms with van der Waals surface area (Å²) in [5.41, 5.74) is 0. The number of ether oxygens (including phenoxy) is 1. The number of halogens is 2. The fraction of sp³-hybridized carbons (Fsp3) is 0.533. The van der Waals surface area contributed by atoms with Crippen molar-refractivity contribution in [1.82, 2.24) is 0 Å². The first-order valence-corrected chi connectivity index (χ1v) is 10.3. The van der Waals surface area contributed by atoms with Crippen molar-refractivity contribution in [2.75, 3.05) is 6.61 Å². The van der Waals surface area contributed by atoms with Gasteiger partial charge in [0.2, 0.25) is 0 Å². The molecule has 0 aliphatic carbocycles. The van der Waals surface area contributed by atoms with E-state index in [9.17, 15) is 4.79 Å². The monoisotopic (exact) mass is 452 g/mol. The van der Waals surface area contributed by atoms with E-state index in [-0.39, 0.29) is 5.97 Å². The van der Waals surface area contributed by atoms with Crippen LogP contribution in [0.3, 0.4) is 0 Å². The van der Waals surface area contributed by atoms with Crippen molar-refractivity contribution in [3.8, 4) is 0 Å². The Morgan fingerprint density at radius 2 is 2.05 bits per heavy atom. The SMILES string of the molecule is CCCC[C@H](CC)COC(=O)c1cc2c(Br)sc(Br)c2s1. The highest BCUT2D eigenvalue weighted by molar-refractivity contribution is 9.12. The van der Waals surface area contributed by atoms with Gasteiger partial charge >= 0.3 is 5.97 Å². The molecule has 1 atom stereocenters. The highest BCUT2D eigenvalue weighted by Gasteiger charge is 2.18. The fourth-order valence-corrected chi connectivity index (χ4v) is 6.49. The van der Waals surface area contributed by atoms with Crippen LogP contribution < -0.4 is 0 Å². The van der Waals surface area contributed by atoms with Crippen molar-refractivity contribution in [3.63, 3.8) is 0 Å². The molecule has 0 radical (unpaired) electrons. The van der Waals surface area contributed by atoms with Crippen LogP contribution in [0.1, 0.15) is 49.2 Å². The van der Waals surface area contributed by atoms with Crippen molar-refractivity contribution >= 4 is 70.6 Å². The minimum atomic E-state index is -0.199. The maximum atomic E-state index is 12.2. The second-order valence-electron chi connectivity index (χ2n) is 5.02. The molecule has 0 spiro atoms. The van der Waals surface area contributed by atoms with Crippen LogP contribution in [0, 0.1) is 5.92 Å². The van der Waals surface area contributed by atoms with Crippen LogP contribution in [0.4, 0.5) is 0 Å². The lowest BCUT2D eigenvalue weighted by Gasteiger charge is -2.14. The van der Waals surface area contributed by atoms with Crippen molar-refractivity contribution in [2.45, 2.75) is 39.5 Å². The van der Waals surface area contributed by atoms with Crippen LogP contribution in [-0.4, -0.2) is 12.6 Å². The van der Waals surface area contributed by atoms with Crippen molar-refractivity contribution in [2.24, 2.45) is 5.92 Å². The van der Waals surface area contributed by atoms with Gasteiger partial charge in [-0.2, -0.15) is 0 Å². The minimum absolute atomic E-state index is 0.199. The molecule has 116 valence electrons. The van der Waals surface area contributed by atoms with E-state index in [1.54, 1.807) is 11.3 Å². The van der Waals surface area contributed by atoms with Gasteiger partial charge in [-0.1, -0.05) is 33.1 Å². The van der Waals surface area contributed by atoms with Crippen molar-refractivity contribution in [3.05, 3.63) is 18.5 Å². The highest BCUT2D eigenvalue weighted by Crippen LogP contribution is 2.43. The molecule has 2 nitrogen and oxygen atoms in total. The van der Waals surface area contributed by atoms with Gasteiger partial charge < -0.3 is 4.74 Å². The molecular weight excluding hydrogens is 436 g/mol. The fourth-order valence-electron chi connectivity index (χ4n) is 2.13. The molecule has 6 heteroatoms. The molecule has 0 N–H and O–H groups in total. The van der Waals surface area contributed by atoms with Gasteiger partial charge in [0, 0.05) is 5.39 Å². The zero-order valence-corrected chi connectivity index (χ0v) is 16.9. The predicted molar refractivity (Wildman–Crippen MR) is 98.7 cm³/mol. The summed E-state index contributed by atoms with van der Waals surface area (Å²) in [5.74, 6) is 0.280. The molecule has 21 heavy (non-hydrogen) atoms. The van der Waals surface area contributed by atoms with E-state index in [0.29, 0.717) is 17.4 Å². The lowest BCUT2D eigenvalue weighted by Crippen LogP contribution is -2.13. The number of hydrogen-bond donors (Lipinski definition) is 0. The Hall–Kier alpha value is 0.0900. The first-order valence-electron chi connectivity index (χ1n) is 7.11. The molecule has 2 aromatic rings. The summed E-state index contributed by atoms with van der Waals surface area (Å²) in [5, 5.41) is 1.09. The van der Waals surface area contributed by atoms with Gasteiger partial charge in [0.05, 0.1) is 18.9 Å². The number of unbranched alkanes of at least 4 members (excludes halogenated alkanes) is 1. The van der Waals surface area contributed by atoms with E-state index in [2.05, 4.69) is 45.7 Å². The van der Waals surface area contributed by atoms with Crippen LogP contribution in [0.2, 0.25) is 0 Å². The number of esters is 1. The molecule has 0 fully saturated rings. The number of carbonyl (C=O) groups is 1. The number of hydrogen-bond acceptors (Lipinski definition) is 4. The summed E-state index contributed by atoms with van der Waals surface area (Å²) in [7, 11) is 0. The second-order valence-corrected chi connectivity index (χ2v) is 9.73. The lowest BCUT2D eigenvalue weighted by atomic mass is 10.0. The first-order chi connectivity index (χ1) is 10.1. The Morgan fingerprint density at radius 1 is 1.29 bits per heavy atom. The van der Waals surface area contributed by atoms with E-state index >= 15 is 0 Å². The summed E-state index contributed by atoms with van der Waals surface area (Å²) < 4.78 is 8.72. The lowest BCUT2D eigenvalue weighted by molar-refractivity contribution is 0.0434. The Morgan fingerprint density at radius 3 is 2.67 bits per heavy atom. The van der Waals surface area contributed by atoms with Gasteiger partial charge in [-0.3, -0.25) is 0 Å². The largest absolute Gasteiger partial charge is 0.461 e. The zero-order valence-electron chi connectivity index (χ0n) is 12.1. The summed E-state index contributed by atoms with van der Waals surface area (Å²) in [6.45, 7) is 4.87. The summed E-state index contributed by atoms with van der Waals surface area (Å²) in [4.78, 5) is 12.9. The van der Waals surface area contributed by atoms with Gasteiger partial charge in [0.15, 0.2) is 0 Å². The van der Waals surface area contributed by atoms with Gasteiger partial charge in [-0.05, 0) is 50.3 Å². The minimum Gasteiger partial charge on any atom is -0.461 e. The van der Waals surface area contributed by atoms with Crippen molar-refractivity contribution < 1.29 is 9.53 Å². The number of rotatable bonds is 7. The second kappa shape index (κ2) is 8.09. The van der Waals surface area contributed by atoms with Crippen LogP contribution in [0.5, 0.6) is 0 Å². The molecule has 0 aliphatic rings. The summed E-state index contributed by atoms with van der Waals surface area (Å²) >= 11 is 10.2. The predicted octanol–water partition coefficient (Wildman–Crippen LogP) is 6.86. The van der Waals surface area contributed by atoms with Gasteiger partial charge in [-0.25, -0.2) is 4.79 Å². The average Bonchev–Trinajstić information content (AvgIpc) is 3.01. The molecule has 0 amide bonds. The quantitative estimate of drug-likeness (QED) is 0.428. The van der Waals surface area contributed by atoms with Crippen LogP contribution >= 0.6 is 54.5 Å². The molecular formula is C15H18Br2O2S2. The van der Waals surface area contributed by atoms with Crippen LogP contribution in [0.25, 0.3) is 10.1 Å². The highest BCUT2D eigenvalue weighted by atomic mass is 79.9. The van der Waals surface area contributed by atoms with Gasteiger partial charge in [-0.15, -0.1) is 22.7 Å². The molecule has 0 aromatic carbocycles. The normalized spacial score (nSPS) is 12.8. The zero-order chi connectivity index (χ0) is 15.4. The third-order valence-corrected chi connectivity index (χ3v) is 7.60. The van der Waals surface area contributed by atoms with Gasteiger partial charge in [0.1, 0.15) is 4.88 Å². The molecule has 0 bridgehead atoms. The molecule has 2 rings (SSSR count). The molecule has 2 heterocycles. The van der Waals surface area contributed by atoms with E-state index in [4.69, 9.17) is 4.74 Å². The van der Waals surface area contributed by atoms with Crippen LogP contribution in [0.15, 0.2) is 13.6 Å². The Labute approximate surface area is 150 Å². The standard InChI is InChI=1S/C15H18Br2O2S2/c1-3-5-6-9(4-2)8-19-15(18)11-7-10-12(20-11)14(17)21-13(10)16/h7,9H,3-6,8H2,1-2H3/t9-/m0/s1. The maximum Gasteiger partial charge on any atom is 0.348 e.